The molecule has 1 aliphatic rings. The fraction of sp³-hybridized carbons (Fsp3) is 0.364. The van der Waals surface area contributed by atoms with Gasteiger partial charge in [-0.3, -0.25) is 9.59 Å². The number of nitrogens with one attached hydrogen (secondary N) is 2. The second kappa shape index (κ2) is 10.2. The number of carbonyl (C=O) groups excluding carboxylic acids is 2. The molecule has 0 atom stereocenters. The van der Waals surface area contributed by atoms with E-state index in [0.29, 0.717) is 29.9 Å². The molecule has 150 valence electrons. The molecule has 28 heavy (non-hydrogen) atoms. The Morgan fingerprint density at radius 2 is 1.54 bits per heavy atom. The fourth-order valence-corrected chi connectivity index (χ4v) is 3.77. The number of benzene rings is 2. The highest BCUT2D eigenvalue weighted by atomic mass is 35.5. The number of amides is 2. The van der Waals surface area contributed by atoms with E-state index in [4.69, 9.17) is 5.73 Å². The molecule has 0 saturated heterocycles. The van der Waals surface area contributed by atoms with Crippen molar-refractivity contribution in [2.45, 2.75) is 38.5 Å². The van der Waals surface area contributed by atoms with Crippen molar-refractivity contribution in [3.63, 3.8) is 0 Å². The molecule has 3 rings (SSSR count). The van der Waals surface area contributed by atoms with Crippen LogP contribution in [0.2, 0.25) is 0 Å². The molecular formula is C22H28ClN3O2. The van der Waals surface area contributed by atoms with Crippen molar-refractivity contribution in [1.82, 2.24) is 0 Å². The third-order valence-corrected chi connectivity index (χ3v) is 5.32. The Morgan fingerprint density at radius 3 is 2.18 bits per heavy atom. The summed E-state index contributed by atoms with van der Waals surface area (Å²) >= 11 is 0. The zero-order valence-corrected chi connectivity index (χ0v) is 16.8. The van der Waals surface area contributed by atoms with Crippen molar-refractivity contribution >= 4 is 35.6 Å². The molecule has 0 aliphatic heterocycles. The van der Waals surface area contributed by atoms with Crippen LogP contribution in [0.15, 0.2) is 54.6 Å². The molecule has 4 N–H and O–H groups in total. The maximum Gasteiger partial charge on any atom is 0.255 e. The molecule has 5 nitrogen and oxygen atoms in total. The minimum atomic E-state index is -0.177. The molecule has 1 saturated carbocycles. The topological polar surface area (TPSA) is 84.2 Å². The Bertz CT molecular complexity index is 789. The highest BCUT2D eigenvalue weighted by Crippen LogP contribution is 2.38. The molecule has 0 unspecified atom stereocenters. The highest BCUT2D eigenvalue weighted by molar-refractivity contribution is 6.04. The van der Waals surface area contributed by atoms with Crippen LogP contribution in [0.4, 0.5) is 11.4 Å². The minimum Gasteiger partial charge on any atom is -0.330 e. The van der Waals surface area contributed by atoms with Crippen LogP contribution in [0.1, 0.15) is 48.9 Å². The summed E-state index contributed by atoms with van der Waals surface area (Å²) in [6.45, 7) is 0.549. The van der Waals surface area contributed by atoms with Crippen LogP contribution < -0.4 is 16.4 Å². The van der Waals surface area contributed by atoms with Gasteiger partial charge in [-0.1, -0.05) is 43.5 Å². The monoisotopic (exact) mass is 401 g/mol. The first kappa shape index (κ1) is 21.9. The molecule has 0 heterocycles. The number of nitrogens with two attached hydrogens (primary N) is 1. The summed E-state index contributed by atoms with van der Waals surface area (Å²) in [4.78, 5) is 24.8. The molecule has 0 bridgehead atoms. The fourth-order valence-electron chi connectivity index (χ4n) is 3.77. The first-order valence-corrected chi connectivity index (χ1v) is 9.57. The Hall–Kier alpha value is -2.37. The number of hydrogen-bond acceptors (Lipinski definition) is 3. The van der Waals surface area contributed by atoms with Gasteiger partial charge in [-0.05, 0) is 55.1 Å². The van der Waals surface area contributed by atoms with E-state index in [9.17, 15) is 9.59 Å². The van der Waals surface area contributed by atoms with E-state index in [0.717, 1.165) is 25.7 Å². The average Bonchev–Trinajstić information content (AvgIpc) is 2.69. The number of halogens is 1. The van der Waals surface area contributed by atoms with E-state index in [1.165, 1.54) is 6.42 Å². The predicted octanol–water partition coefficient (Wildman–Crippen LogP) is 4.60. The minimum absolute atomic E-state index is 0. The maximum absolute atomic E-state index is 12.5. The lowest BCUT2D eigenvalue weighted by atomic mass is 9.71. The molecule has 2 aromatic carbocycles. The van der Waals surface area contributed by atoms with Crippen molar-refractivity contribution in [2.75, 3.05) is 17.2 Å². The van der Waals surface area contributed by atoms with Gasteiger partial charge in [0, 0.05) is 23.4 Å². The van der Waals surface area contributed by atoms with Gasteiger partial charge in [0.15, 0.2) is 0 Å². The van der Waals surface area contributed by atoms with Crippen molar-refractivity contribution in [3.05, 3.63) is 60.2 Å². The largest absolute Gasteiger partial charge is 0.330 e. The summed E-state index contributed by atoms with van der Waals surface area (Å²) < 4.78 is 0. The van der Waals surface area contributed by atoms with Crippen molar-refractivity contribution < 1.29 is 9.59 Å². The van der Waals surface area contributed by atoms with E-state index < -0.39 is 0 Å². The number of anilines is 2. The smallest absolute Gasteiger partial charge is 0.255 e. The maximum atomic E-state index is 12.5. The number of carbonyl (C=O) groups is 2. The zero-order chi connectivity index (χ0) is 19.1. The normalized spacial score (nSPS) is 15.2. The Kier molecular flexibility index (Phi) is 8.03. The predicted molar refractivity (Wildman–Crippen MR) is 116 cm³/mol. The first-order chi connectivity index (χ1) is 13.1. The third kappa shape index (κ3) is 5.81. The number of hydrogen-bond donors (Lipinski definition) is 3. The van der Waals surface area contributed by atoms with E-state index in [1.807, 2.05) is 30.3 Å². The Balaban J connectivity index is 0.00000280. The second-order valence-corrected chi connectivity index (χ2v) is 7.39. The van der Waals surface area contributed by atoms with Crippen LogP contribution in [0.25, 0.3) is 0 Å². The van der Waals surface area contributed by atoms with Gasteiger partial charge in [-0.2, -0.15) is 0 Å². The summed E-state index contributed by atoms with van der Waals surface area (Å²) in [5.41, 5.74) is 7.83. The van der Waals surface area contributed by atoms with E-state index in [2.05, 4.69) is 10.6 Å². The molecular weight excluding hydrogens is 374 g/mol. The summed E-state index contributed by atoms with van der Waals surface area (Å²) in [7, 11) is 0. The SMILES string of the molecule is Cl.NCC1(CC(=O)Nc2cccc(NC(=O)c3ccccc3)c2)CCCCC1. The van der Waals surface area contributed by atoms with Crippen molar-refractivity contribution in [2.24, 2.45) is 11.1 Å². The van der Waals surface area contributed by atoms with Gasteiger partial charge >= 0.3 is 0 Å². The molecule has 2 amide bonds. The molecule has 0 radical (unpaired) electrons. The van der Waals surface area contributed by atoms with Crippen LogP contribution in [-0.2, 0) is 4.79 Å². The lowest BCUT2D eigenvalue weighted by molar-refractivity contribution is -0.118. The third-order valence-electron chi connectivity index (χ3n) is 5.32. The van der Waals surface area contributed by atoms with Crippen LogP contribution in [0.3, 0.4) is 0 Å². The van der Waals surface area contributed by atoms with Gasteiger partial charge in [0.25, 0.3) is 5.91 Å². The Morgan fingerprint density at radius 1 is 0.893 bits per heavy atom. The molecule has 6 heteroatoms. The van der Waals surface area contributed by atoms with Crippen LogP contribution in [-0.4, -0.2) is 18.4 Å². The van der Waals surface area contributed by atoms with Crippen molar-refractivity contribution in [1.29, 1.82) is 0 Å². The van der Waals surface area contributed by atoms with Gasteiger partial charge < -0.3 is 16.4 Å². The lowest BCUT2D eigenvalue weighted by Gasteiger charge is -2.35. The summed E-state index contributed by atoms with van der Waals surface area (Å²) in [6.07, 6.45) is 6.00. The molecule has 1 fully saturated rings. The summed E-state index contributed by atoms with van der Waals surface area (Å²) in [5, 5.41) is 5.82. The standard InChI is InChI=1S/C22H27N3O2.ClH/c23-16-22(12-5-2-6-13-22)15-20(26)24-18-10-7-11-19(14-18)25-21(27)17-8-3-1-4-9-17;/h1,3-4,7-11,14H,2,5-6,12-13,15-16,23H2,(H,24,26)(H,25,27);1H. The quantitative estimate of drug-likeness (QED) is 0.661. The van der Waals surface area contributed by atoms with Crippen LogP contribution in [0.5, 0.6) is 0 Å². The van der Waals surface area contributed by atoms with E-state index in [1.54, 1.807) is 24.3 Å². The van der Waals surface area contributed by atoms with Gasteiger partial charge in [0.1, 0.15) is 0 Å². The summed E-state index contributed by atoms with van der Waals surface area (Å²) in [6, 6.07) is 16.3. The van der Waals surface area contributed by atoms with Gasteiger partial charge in [-0.15, -0.1) is 12.4 Å². The second-order valence-electron chi connectivity index (χ2n) is 7.39. The van der Waals surface area contributed by atoms with E-state index >= 15 is 0 Å². The van der Waals surface area contributed by atoms with E-state index in [-0.39, 0.29) is 29.6 Å². The first-order valence-electron chi connectivity index (χ1n) is 9.57. The summed E-state index contributed by atoms with van der Waals surface area (Å²) in [5.74, 6) is -0.197. The Labute approximate surface area is 172 Å². The highest BCUT2D eigenvalue weighted by Gasteiger charge is 2.32. The molecule has 0 aromatic heterocycles. The zero-order valence-electron chi connectivity index (χ0n) is 15.9. The van der Waals surface area contributed by atoms with Crippen molar-refractivity contribution in [3.8, 4) is 0 Å². The molecule has 2 aromatic rings. The lowest BCUT2D eigenvalue weighted by Crippen LogP contribution is -2.36. The van der Waals surface area contributed by atoms with Crippen LogP contribution in [0, 0.1) is 5.41 Å². The average molecular weight is 402 g/mol. The molecule has 1 aliphatic carbocycles. The van der Waals surface area contributed by atoms with Gasteiger partial charge in [0.2, 0.25) is 5.91 Å². The van der Waals surface area contributed by atoms with Gasteiger partial charge in [0.05, 0.1) is 0 Å². The molecule has 0 spiro atoms. The van der Waals surface area contributed by atoms with Crippen LogP contribution >= 0.6 is 12.4 Å². The van der Waals surface area contributed by atoms with Gasteiger partial charge in [-0.25, -0.2) is 0 Å². The number of rotatable bonds is 6.